The Morgan fingerprint density at radius 2 is 1.68 bits per heavy atom. The number of Topliss-reactive ketones (excluding diaryl/α,β-unsaturated/α-hetero) is 1. The number of H-pyrrole nitrogens is 1. The van der Waals surface area contributed by atoms with Crippen LogP contribution in [0.4, 0.5) is 0 Å². The van der Waals surface area contributed by atoms with Crippen LogP contribution >= 0.6 is 11.6 Å². The SMILES string of the molecule is O=C(CN1CCN(S(=O)(=O)c2ccccc2Cl)CC1)c1c[nH]c(C(=O)N2CCCC2)c1. The summed E-state index contributed by atoms with van der Waals surface area (Å²) in [6.45, 7) is 3.14. The van der Waals surface area contributed by atoms with Gasteiger partial charge in [0, 0.05) is 51.0 Å². The number of aromatic nitrogens is 1. The molecule has 4 rings (SSSR count). The standard InChI is InChI=1S/C21H25ClN4O4S/c22-17-5-1-2-6-20(17)31(29,30)26-11-9-24(10-12-26)15-19(27)16-13-18(23-14-16)21(28)25-7-3-4-8-25/h1-2,5-6,13-14,23H,3-4,7-12,15H2. The quantitative estimate of drug-likeness (QED) is 0.661. The van der Waals surface area contributed by atoms with Crippen LogP contribution in [0, 0.1) is 0 Å². The molecule has 0 atom stereocenters. The maximum Gasteiger partial charge on any atom is 0.270 e. The van der Waals surface area contributed by atoms with Crippen molar-refractivity contribution in [1.29, 1.82) is 0 Å². The molecule has 166 valence electrons. The largest absolute Gasteiger partial charge is 0.356 e. The number of aromatic amines is 1. The third-order valence-corrected chi connectivity index (χ3v) is 8.18. The lowest BCUT2D eigenvalue weighted by atomic mass is 10.2. The number of carbonyl (C=O) groups is 2. The summed E-state index contributed by atoms with van der Waals surface area (Å²) in [5.41, 5.74) is 0.898. The van der Waals surface area contributed by atoms with Gasteiger partial charge >= 0.3 is 0 Å². The van der Waals surface area contributed by atoms with Gasteiger partial charge in [-0.1, -0.05) is 23.7 Å². The summed E-state index contributed by atoms with van der Waals surface area (Å²) >= 11 is 6.07. The summed E-state index contributed by atoms with van der Waals surface area (Å²) in [4.78, 5) is 31.9. The summed E-state index contributed by atoms with van der Waals surface area (Å²) < 4.78 is 27.1. The normalized spacial score (nSPS) is 18.4. The first-order valence-electron chi connectivity index (χ1n) is 10.3. The Labute approximate surface area is 186 Å². The number of likely N-dealkylation sites (tertiary alicyclic amines) is 1. The Bertz CT molecular complexity index is 1070. The smallest absolute Gasteiger partial charge is 0.270 e. The molecule has 2 fully saturated rings. The number of sulfonamides is 1. The summed E-state index contributed by atoms with van der Waals surface area (Å²) in [6.07, 6.45) is 3.59. The molecule has 0 bridgehead atoms. The van der Waals surface area contributed by atoms with Crippen molar-refractivity contribution in [2.75, 3.05) is 45.8 Å². The lowest BCUT2D eigenvalue weighted by Crippen LogP contribution is -2.49. The molecule has 1 aromatic carbocycles. The lowest BCUT2D eigenvalue weighted by Gasteiger charge is -2.33. The van der Waals surface area contributed by atoms with Crippen LogP contribution in [0.3, 0.4) is 0 Å². The number of nitrogens with zero attached hydrogens (tertiary/aromatic N) is 3. The van der Waals surface area contributed by atoms with Crippen LogP contribution in [0.5, 0.6) is 0 Å². The highest BCUT2D eigenvalue weighted by Gasteiger charge is 2.30. The van der Waals surface area contributed by atoms with Gasteiger partial charge in [0.1, 0.15) is 10.6 Å². The van der Waals surface area contributed by atoms with E-state index in [-0.39, 0.29) is 41.2 Å². The monoisotopic (exact) mass is 464 g/mol. The molecule has 1 N–H and O–H groups in total. The fourth-order valence-corrected chi connectivity index (χ4v) is 5.90. The predicted octanol–water partition coefficient (Wildman–Crippen LogP) is 2.09. The third-order valence-electron chi connectivity index (χ3n) is 5.78. The number of hydrogen-bond acceptors (Lipinski definition) is 5. The molecule has 1 aromatic heterocycles. The summed E-state index contributed by atoms with van der Waals surface area (Å²) in [5.74, 6) is -0.172. The lowest BCUT2D eigenvalue weighted by molar-refractivity contribution is 0.0787. The number of halogens is 1. The van der Waals surface area contributed by atoms with E-state index >= 15 is 0 Å². The minimum absolute atomic E-state index is 0.0741. The van der Waals surface area contributed by atoms with Crippen molar-refractivity contribution in [2.24, 2.45) is 0 Å². The van der Waals surface area contributed by atoms with Gasteiger partial charge in [-0.05, 0) is 31.0 Å². The van der Waals surface area contributed by atoms with Gasteiger partial charge in [0.15, 0.2) is 5.78 Å². The molecule has 2 aliphatic rings. The van der Waals surface area contributed by atoms with Crippen LogP contribution < -0.4 is 0 Å². The van der Waals surface area contributed by atoms with E-state index in [2.05, 4.69) is 4.98 Å². The number of nitrogens with one attached hydrogen (secondary N) is 1. The molecule has 2 aromatic rings. The second-order valence-corrected chi connectivity index (χ2v) is 10.1. The molecular formula is C21H25ClN4O4S. The van der Waals surface area contributed by atoms with Crippen LogP contribution in [0.1, 0.15) is 33.7 Å². The van der Waals surface area contributed by atoms with Crippen molar-refractivity contribution in [2.45, 2.75) is 17.7 Å². The highest BCUT2D eigenvalue weighted by molar-refractivity contribution is 7.89. The van der Waals surface area contributed by atoms with Crippen LogP contribution in [-0.4, -0.2) is 85.0 Å². The number of rotatable bonds is 6. The number of amides is 1. The Balaban J connectivity index is 1.33. The first-order chi connectivity index (χ1) is 14.9. The third kappa shape index (κ3) is 4.69. The second-order valence-electron chi connectivity index (χ2n) is 7.84. The zero-order valence-corrected chi connectivity index (χ0v) is 18.7. The van der Waals surface area contributed by atoms with E-state index in [1.54, 1.807) is 35.4 Å². The maximum atomic E-state index is 12.8. The van der Waals surface area contributed by atoms with Crippen molar-refractivity contribution in [3.63, 3.8) is 0 Å². The molecule has 0 aliphatic carbocycles. The summed E-state index contributed by atoms with van der Waals surface area (Å²) in [5, 5.41) is 0.201. The van der Waals surface area contributed by atoms with Crippen LogP contribution in [-0.2, 0) is 10.0 Å². The highest BCUT2D eigenvalue weighted by atomic mass is 35.5. The van der Waals surface area contributed by atoms with Gasteiger partial charge in [-0.2, -0.15) is 4.31 Å². The molecule has 8 nitrogen and oxygen atoms in total. The molecule has 1 amide bonds. The molecule has 31 heavy (non-hydrogen) atoms. The number of benzene rings is 1. The fraction of sp³-hybridized carbons (Fsp3) is 0.429. The summed E-state index contributed by atoms with van der Waals surface area (Å²) in [6, 6.07) is 8.01. The first-order valence-corrected chi connectivity index (χ1v) is 12.2. The van der Waals surface area contributed by atoms with E-state index in [4.69, 9.17) is 11.6 Å². The Kier molecular flexibility index (Phi) is 6.47. The van der Waals surface area contributed by atoms with Gasteiger partial charge in [-0.15, -0.1) is 0 Å². The van der Waals surface area contributed by atoms with E-state index in [0.29, 0.717) is 24.3 Å². The molecule has 0 radical (unpaired) electrons. The Morgan fingerprint density at radius 3 is 2.35 bits per heavy atom. The van der Waals surface area contributed by atoms with Gasteiger partial charge in [0.2, 0.25) is 10.0 Å². The molecule has 0 spiro atoms. The van der Waals surface area contributed by atoms with E-state index in [9.17, 15) is 18.0 Å². The maximum absolute atomic E-state index is 12.8. The topological polar surface area (TPSA) is 93.8 Å². The van der Waals surface area contributed by atoms with Crippen LogP contribution in [0.15, 0.2) is 41.4 Å². The van der Waals surface area contributed by atoms with E-state index < -0.39 is 10.0 Å². The molecular weight excluding hydrogens is 440 g/mol. The van der Waals surface area contributed by atoms with Crippen molar-refractivity contribution >= 4 is 33.3 Å². The zero-order valence-electron chi connectivity index (χ0n) is 17.1. The predicted molar refractivity (Wildman–Crippen MR) is 117 cm³/mol. The molecule has 0 unspecified atom stereocenters. The molecule has 2 saturated heterocycles. The van der Waals surface area contributed by atoms with E-state index in [1.807, 2.05) is 4.90 Å². The minimum Gasteiger partial charge on any atom is -0.356 e. The van der Waals surface area contributed by atoms with Gasteiger partial charge in [0.25, 0.3) is 5.91 Å². The van der Waals surface area contributed by atoms with Gasteiger partial charge in [0.05, 0.1) is 11.6 Å². The van der Waals surface area contributed by atoms with Crippen LogP contribution in [0.2, 0.25) is 5.02 Å². The summed E-state index contributed by atoms with van der Waals surface area (Å²) in [7, 11) is -3.67. The van der Waals surface area contributed by atoms with Crippen molar-refractivity contribution in [1.82, 2.24) is 19.1 Å². The molecule has 3 heterocycles. The highest BCUT2D eigenvalue weighted by Crippen LogP contribution is 2.25. The first kappa shape index (κ1) is 22.0. The Hall–Kier alpha value is -2.20. The van der Waals surface area contributed by atoms with Crippen LogP contribution in [0.25, 0.3) is 0 Å². The number of hydrogen-bond donors (Lipinski definition) is 1. The zero-order chi connectivity index (χ0) is 22.0. The number of piperazine rings is 1. The number of carbonyl (C=O) groups excluding carboxylic acids is 2. The van der Waals surface area contributed by atoms with E-state index in [1.165, 1.54) is 10.4 Å². The second kappa shape index (κ2) is 9.12. The molecule has 10 heteroatoms. The molecule has 0 saturated carbocycles. The Morgan fingerprint density at radius 1 is 1.00 bits per heavy atom. The fourth-order valence-electron chi connectivity index (χ4n) is 3.98. The number of ketones is 1. The molecule has 2 aliphatic heterocycles. The van der Waals surface area contributed by atoms with Crippen molar-refractivity contribution in [3.05, 3.63) is 52.8 Å². The van der Waals surface area contributed by atoms with Gasteiger partial charge in [-0.25, -0.2) is 8.42 Å². The average molecular weight is 465 g/mol. The van der Waals surface area contributed by atoms with Crippen molar-refractivity contribution < 1.29 is 18.0 Å². The van der Waals surface area contributed by atoms with E-state index in [0.717, 1.165) is 25.9 Å². The minimum atomic E-state index is -3.67. The van der Waals surface area contributed by atoms with Crippen molar-refractivity contribution in [3.8, 4) is 0 Å². The van der Waals surface area contributed by atoms with Gasteiger partial charge in [-0.3, -0.25) is 14.5 Å². The average Bonchev–Trinajstić information content (AvgIpc) is 3.46. The van der Waals surface area contributed by atoms with Gasteiger partial charge < -0.3 is 9.88 Å².